The van der Waals surface area contributed by atoms with Crippen molar-refractivity contribution in [3.8, 4) is 5.75 Å². The van der Waals surface area contributed by atoms with Gasteiger partial charge in [0.1, 0.15) is 11.4 Å². The van der Waals surface area contributed by atoms with Gasteiger partial charge in [0.25, 0.3) is 0 Å². The van der Waals surface area contributed by atoms with E-state index in [1.54, 1.807) is 50.5 Å². The average Bonchev–Trinajstić information content (AvgIpc) is 3.48. The monoisotopic (exact) mass is 487 g/mol. The summed E-state index contributed by atoms with van der Waals surface area (Å²) in [5.41, 5.74) is 0.933. The van der Waals surface area contributed by atoms with Crippen LogP contribution in [-0.2, 0) is 14.8 Å². The number of ether oxygens (including phenoxy) is 1. The van der Waals surface area contributed by atoms with E-state index in [4.69, 9.17) is 9.26 Å². The lowest BCUT2D eigenvalue weighted by Gasteiger charge is -2.31. The van der Waals surface area contributed by atoms with E-state index in [2.05, 4.69) is 10.5 Å². The number of aryl methyl sites for hydroxylation is 1. The number of aromatic nitrogens is 1. The molecule has 0 aliphatic carbocycles. The molecule has 2 aromatic heterocycles. The third-order valence-corrected chi connectivity index (χ3v) is 8.35. The van der Waals surface area contributed by atoms with Gasteiger partial charge in [0.2, 0.25) is 15.9 Å². The summed E-state index contributed by atoms with van der Waals surface area (Å²) < 4.78 is 38.8. The molecule has 1 fully saturated rings. The lowest BCUT2D eigenvalue weighted by atomic mass is 9.99. The lowest BCUT2D eigenvalue weighted by molar-refractivity contribution is -0.120. The van der Waals surface area contributed by atoms with Gasteiger partial charge in [0, 0.05) is 23.7 Å². The number of carbonyl (C=O) groups is 1. The Morgan fingerprint density at radius 2 is 2.06 bits per heavy atom. The number of piperidine rings is 1. The third-order valence-electron chi connectivity index (χ3n) is 5.49. The quantitative estimate of drug-likeness (QED) is 0.534. The number of methoxy groups -OCH3 is 1. The standard InChI is InChI=1S/C23H25N3O5S2/c1-16-22(21(31-25-16)12-11-20-6-4-14-32-20)33(28,29)26-13-3-5-17(15-26)23(27)24-18-7-9-19(30-2)10-8-18/h4,6-12,14,17H,3,5,13,15H2,1-2H3,(H,24,27). The van der Waals surface area contributed by atoms with Crippen molar-refractivity contribution in [3.05, 3.63) is 58.1 Å². The van der Waals surface area contributed by atoms with Crippen LogP contribution in [0, 0.1) is 12.8 Å². The Kier molecular flexibility index (Phi) is 6.96. The molecule has 1 saturated heterocycles. The van der Waals surface area contributed by atoms with Crippen LogP contribution in [0.15, 0.2) is 51.2 Å². The number of nitrogens with one attached hydrogen (secondary N) is 1. The summed E-state index contributed by atoms with van der Waals surface area (Å²) in [5.74, 6) is 0.211. The first-order valence-corrected chi connectivity index (χ1v) is 12.8. The highest BCUT2D eigenvalue weighted by Gasteiger charge is 2.37. The van der Waals surface area contributed by atoms with Gasteiger partial charge in [-0.15, -0.1) is 11.3 Å². The molecule has 1 aromatic carbocycles. The number of benzene rings is 1. The van der Waals surface area contributed by atoms with Crippen molar-refractivity contribution in [1.29, 1.82) is 0 Å². The molecule has 174 valence electrons. The molecule has 33 heavy (non-hydrogen) atoms. The molecule has 1 amide bonds. The highest BCUT2D eigenvalue weighted by atomic mass is 32.2. The first kappa shape index (κ1) is 23.2. The van der Waals surface area contributed by atoms with E-state index in [0.29, 0.717) is 36.5 Å². The first-order valence-electron chi connectivity index (χ1n) is 10.5. The van der Waals surface area contributed by atoms with E-state index in [0.717, 1.165) is 4.88 Å². The van der Waals surface area contributed by atoms with Crippen molar-refractivity contribution in [2.45, 2.75) is 24.7 Å². The molecule has 1 unspecified atom stereocenters. The van der Waals surface area contributed by atoms with Crippen LogP contribution < -0.4 is 10.1 Å². The van der Waals surface area contributed by atoms with Gasteiger partial charge < -0.3 is 14.6 Å². The Morgan fingerprint density at radius 3 is 2.76 bits per heavy atom. The van der Waals surface area contributed by atoms with Crippen LogP contribution in [0.1, 0.15) is 29.2 Å². The van der Waals surface area contributed by atoms with Gasteiger partial charge in [0.15, 0.2) is 10.7 Å². The van der Waals surface area contributed by atoms with Gasteiger partial charge in [-0.1, -0.05) is 11.2 Å². The predicted molar refractivity (Wildman–Crippen MR) is 128 cm³/mol. The molecule has 0 radical (unpaired) electrons. The van der Waals surface area contributed by atoms with E-state index < -0.39 is 15.9 Å². The van der Waals surface area contributed by atoms with E-state index in [1.807, 2.05) is 17.5 Å². The molecule has 1 aliphatic heterocycles. The zero-order chi connectivity index (χ0) is 23.4. The van der Waals surface area contributed by atoms with Crippen molar-refractivity contribution in [2.75, 3.05) is 25.5 Å². The fraction of sp³-hybridized carbons (Fsp3) is 0.304. The third kappa shape index (κ3) is 5.18. The van der Waals surface area contributed by atoms with Gasteiger partial charge in [-0.2, -0.15) is 4.31 Å². The second-order valence-corrected chi connectivity index (χ2v) is 10.6. The number of thiophene rings is 1. The number of carbonyl (C=O) groups excluding carboxylic acids is 1. The van der Waals surface area contributed by atoms with Gasteiger partial charge in [-0.3, -0.25) is 4.79 Å². The van der Waals surface area contributed by atoms with E-state index in [1.165, 1.54) is 15.6 Å². The van der Waals surface area contributed by atoms with Crippen molar-refractivity contribution < 1.29 is 22.5 Å². The van der Waals surface area contributed by atoms with Gasteiger partial charge in [-0.05, 0) is 67.6 Å². The topological polar surface area (TPSA) is 102 Å². The summed E-state index contributed by atoms with van der Waals surface area (Å²) in [6.07, 6.45) is 4.62. The number of rotatable bonds is 7. The Morgan fingerprint density at radius 1 is 1.27 bits per heavy atom. The zero-order valence-electron chi connectivity index (χ0n) is 18.4. The number of anilines is 1. The molecule has 1 atom stereocenters. The van der Waals surface area contributed by atoms with Crippen LogP contribution in [0.5, 0.6) is 5.75 Å². The smallest absolute Gasteiger partial charge is 0.248 e. The molecule has 3 aromatic rings. The van der Waals surface area contributed by atoms with Crippen molar-refractivity contribution in [3.63, 3.8) is 0 Å². The minimum absolute atomic E-state index is 0.0477. The van der Waals surface area contributed by atoms with Gasteiger partial charge in [-0.25, -0.2) is 8.42 Å². The maximum atomic E-state index is 13.5. The highest BCUT2D eigenvalue weighted by Crippen LogP contribution is 2.30. The van der Waals surface area contributed by atoms with Crippen LogP contribution in [0.25, 0.3) is 12.2 Å². The first-order chi connectivity index (χ1) is 15.9. The van der Waals surface area contributed by atoms with Crippen molar-refractivity contribution in [2.24, 2.45) is 5.92 Å². The van der Waals surface area contributed by atoms with E-state index in [-0.39, 0.29) is 23.1 Å². The average molecular weight is 488 g/mol. The largest absolute Gasteiger partial charge is 0.497 e. The van der Waals surface area contributed by atoms with Gasteiger partial charge >= 0.3 is 0 Å². The predicted octanol–water partition coefficient (Wildman–Crippen LogP) is 4.26. The Bertz CT molecular complexity index is 1230. The van der Waals surface area contributed by atoms with Crippen LogP contribution in [-0.4, -0.2) is 44.0 Å². The number of hydrogen-bond donors (Lipinski definition) is 1. The van der Waals surface area contributed by atoms with Crippen molar-refractivity contribution in [1.82, 2.24) is 9.46 Å². The van der Waals surface area contributed by atoms with Crippen LogP contribution in [0.3, 0.4) is 0 Å². The SMILES string of the molecule is COc1ccc(NC(=O)C2CCCN(S(=O)(=O)c3c(C)noc3C=Cc3cccs3)C2)cc1. The van der Waals surface area contributed by atoms with Crippen LogP contribution in [0.2, 0.25) is 0 Å². The summed E-state index contributed by atoms with van der Waals surface area (Å²) in [7, 11) is -2.31. The number of sulfonamides is 1. The molecule has 0 saturated carbocycles. The Hall–Kier alpha value is -2.95. The number of hydrogen-bond acceptors (Lipinski definition) is 7. The minimum Gasteiger partial charge on any atom is -0.497 e. The second-order valence-electron chi connectivity index (χ2n) is 7.73. The molecule has 1 aliphatic rings. The van der Waals surface area contributed by atoms with Crippen LogP contribution in [0.4, 0.5) is 5.69 Å². The summed E-state index contributed by atoms with van der Waals surface area (Å²) in [6.45, 7) is 2.05. The molecule has 4 rings (SSSR count). The summed E-state index contributed by atoms with van der Waals surface area (Å²) in [6, 6.07) is 10.9. The Balaban J connectivity index is 1.50. The molecule has 0 bridgehead atoms. The molecular weight excluding hydrogens is 462 g/mol. The zero-order valence-corrected chi connectivity index (χ0v) is 20.0. The summed E-state index contributed by atoms with van der Waals surface area (Å²) in [5, 5.41) is 8.69. The molecule has 3 heterocycles. The number of amides is 1. The second kappa shape index (κ2) is 9.90. The van der Waals surface area contributed by atoms with E-state index >= 15 is 0 Å². The lowest BCUT2D eigenvalue weighted by Crippen LogP contribution is -2.43. The van der Waals surface area contributed by atoms with E-state index in [9.17, 15) is 13.2 Å². The van der Waals surface area contributed by atoms with Crippen molar-refractivity contribution >= 4 is 45.1 Å². The fourth-order valence-corrected chi connectivity index (χ4v) is 6.16. The molecule has 10 heteroatoms. The summed E-state index contributed by atoms with van der Waals surface area (Å²) in [4.78, 5) is 13.9. The maximum Gasteiger partial charge on any atom is 0.248 e. The Labute approximate surface area is 196 Å². The van der Waals surface area contributed by atoms with Gasteiger partial charge in [0.05, 0.1) is 13.0 Å². The normalized spacial score (nSPS) is 17.3. The maximum absolute atomic E-state index is 13.5. The minimum atomic E-state index is -3.89. The molecule has 1 N–H and O–H groups in total. The van der Waals surface area contributed by atoms with Crippen LogP contribution >= 0.6 is 11.3 Å². The number of nitrogens with zero attached hydrogens (tertiary/aromatic N) is 2. The highest BCUT2D eigenvalue weighted by molar-refractivity contribution is 7.89. The molecule has 8 nitrogen and oxygen atoms in total. The summed E-state index contributed by atoms with van der Waals surface area (Å²) >= 11 is 1.54. The fourth-order valence-electron chi connectivity index (χ4n) is 3.77. The molecule has 0 spiro atoms. The molecular formula is C23H25N3O5S2.